The average Bonchev–Trinajstić information content (AvgIpc) is 2.71. The highest BCUT2D eigenvalue weighted by atomic mass is 32.1. The van der Waals surface area contributed by atoms with Crippen molar-refractivity contribution in [2.24, 2.45) is 0 Å². The number of nitriles is 1. The van der Waals surface area contributed by atoms with E-state index < -0.39 is 0 Å². The van der Waals surface area contributed by atoms with Crippen LogP contribution < -0.4 is 4.90 Å². The molecule has 2 rings (SSSR count). The maximum atomic E-state index is 8.61. The fraction of sp³-hybridized carbons (Fsp3) is 0.500. The van der Waals surface area contributed by atoms with Gasteiger partial charge in [-0.05, 0) is 6.42 Å². The third kappa shape index (κ3) is 1.79. The van der Waals surface area contributed by atoms with Crippen LogP contribution in [0.1, 0.15) is 12.1 Å². The summed E-state index contributed by atoms with van der Waals surface area (Å²) in [7, 11) is 0. The Labute approximate surface area is 86.4 Å². The molecule has 1 atom stereocenters. The Morgan fingerprint density at radius 3 is 3.15 bits per heavy atom. The van der Waals surface area contributed by atoms with Crippen molar-refractivity contribution in [3.8, 4) is 6.07 Å². The summed E-state index contributed by atoms with van der Waals surface area (Å²) in [5.41, 5.74) is 0.516. The summed E-state index contributed by atoms with van der Waals surface area (Å²) in [6, 6.07) is 2.04. The summed E-state index contributed by atoms with van der Waals surface area (Å²) in [5, 5.41) is 11.8. The Kier molecular flexibility index (Phi) is 2.42. The summed E-state index contributed by atoms with van der Waals surface area (Å²) < 4.78 is 0. The van der Waals surface area contributed by atoms with E-state index in [0.717, 1.165) is 24.6 Å². The van der Waals surface area contributed by atoms with Crippen LogP contribution in [-0.4, -0.2) is 23.3 Å². The molecule has 68 valence electrons. The Morgan fingerprint density at radius 2 is 2.62 bits per heavy atom. The average molecular weight is 211 g/mol. The Bertz CT molecular complexity index is 341. The largest absolute Gasteiger partial charge is 0.347 e. The fourth-order valence-corrected chi connectivity index (χ4v) is 2.48. The lowest BCUT2D eigenvalue weighted by Crippen LogP contribution is -2.19. The van der Waals surface area contributed by atoms with Gasteiger partial charge in [0, 0.05) is 23.7 Å². The topological polar surface area (TPSA) is 39.9 Å². The van der Waals surface area contributed by atoms with Crippen molar-refractivity contribution in [2.75, 3.05) is 18.0 Å². The zero-order chi connectivity index (χ0) is 9.26. The van der Waals surface area contributed by atoms with Gasteiger partial charge in [0.05, 0.1) is 0 Å². The van der Waals surface area contributed by atoms with Crippen LogP contribution in [0.15, 0.2) is 5.38 Å². The van der Waals surface area contributed by atoms with Crippen molar-refractivity contribution in [2.45, 2.75) is 11.7 Å². The van der Waals surface area contributed by atoms with E-state index in [-0.39, 0.29) is 0 Å². The minimum absolute atomic E-state index is 0.453. The van der Waals surface area contributed by atoms with Gasteiger partial charge in [-0.15, -0.1) is 11.3 Å². The van der Waals surface area contributed by atoms with E-state index in [4.69, 9.17) is 5.26 Å². The fourth-order valence-electron chi connectivity index (χ4n) is 1.38. The van der Waals surface area contributed by atoms with Crippen LogP contribution in [0.5, 0.6) is 0 Å². The summed E-state index contributed by atoms with van der Waals surface area (Å²) in [4.78, 5) is 6.38. The van der Waals surface area contributed by atoms with Gasteiger partial charge in [-0.1, -0.05) is 0 Å². The van der Waals surface area contributed by atoms with E-state index in [1.807, 2.05) is 6.07 Å². The number of hydrogen-bond acceptors (Lipinski definition) is 5. The minimum atomic E-state index is 0.453. The highest BCUT2D eigenvalue weighted by molar-refractivity contribution is 7.81. The van der Waals surface area contributed by atoms with Gasteiger partial charge in [0.25, 0.3) is 0 Å². The smallest absolute Gasteiger partial charge is 0.186 e. The SMILES string of the molecule is N#Cc1csc(N2CC[C@H](S)C2)n1. The molecule has 0 spiro atoms. The van der Waals surface area contributed by atoms with Gasteiger partial charge in [-0.25, -0.2) is 4.98 Å². The van der Waals surface area contributed by atoms with E-state index in [1.54, 1.807) is 5.38 Å². The predicted octanol–water partition coefficient (Wildman–Crippen LogP) is 1.52. The molecule has 0 amide bonds. The first-order chi connectivity index (χ1) is 6.29. The molecule has 13 heavy (non-hydrogen) atoms. The molecule has 0 aliphatic carbocycles. The number of thiol groups is 1. The molecule has 0 N–H and O–H groups in total. The van der Waals surface area contributed by atoms with Crippen molar-refractivity contribution in [1.82, 2.24) is 4.98 Å². The lowest BCUT2D eigenvalue weighted by molar-refractivity contribution is 0.956. The van der Waals surface area contributed by atoms with Crippen molar-refractivity contribution >= 4 is 29.1 Å². The van der Waals surface area contributed by atoms with Crippen molar-refractivity contribution < 1.29 is 0 Å². The zero-order valence-corrected chi connectivity index (χ0v) is 8.68. The Balaban J connectivity index is 2.13. The quantitative estimate of drug-likeness (QED) is 0.716. The number of anilines is 1. The summed E-state index contributed by atoms with van der Waals surface area (Å²) in [5.74, 6) is 0. The third-order valence-electron chi connectivity index (χ3n) is 2.04. The van der Waals surface area contributed by atoms with Gasteiger partial charge in [0.2, 0.25) is 0 Å². The maximum Gasteiger partial charge on any atom is 0.186 e. The lowest BCUT2D eigenvalue weighted by atomic mass is 10.4. The van der Waals surface area contributed by atoms with E-state index in [1.165, 1.54) is 11.3 Å². The van der Waals surface area contributed by atoms with Crippen LogP contribution in [0.4, 0.5) is 5.13 Å². The first-order valence-electron chi connectivity index (χ1n) is 4.08. The van der Waals surface area contributed by atoms with Gasteiger partial charge < -0.3 is 4.90 Å². The maximum absolute atomic E-state index is 8.61. The van der Waals surface area contributed by atoms with Crippen molar-refractivity contribution in [3.63, 3.8) is 0 Å². The Hall–Kier alpha value is -0.730. The monoisotopic (exact) mass is 211 g/mol. The molecule has 0 saturated carbocycles. The number of nitrogens with zero attached hydrogens (tertiary/aromatic N) is 3. The second-order valence-electron chi connectivity index (χ2n) is 3.02. The molecule has 5 heteroatoms. The molecule has 1 aliphatic heterocycles. The standard InChI is InChI=1S/C8H9N3S2/c9-3-6-5-13-8(10-6)11-2-1-7(12)4-11/h5,7,12H,1-2,4H2/t7-/m0/s1. The third-order valence-corrected chi connectivity index (χ3v) is 3.36. The molecular formula is C8H9N3S2. The zero-order valence-electron chi connectivity index (χ0n) is 6.97. The normalized spacial score (nSPS) is 21.8. The van der Waals surface area contributed by atoms with Gasteiger partial charge >= 0.3 is 0 Å². The molecule has 1 aromatic heterocycles. The number of rotatable bonds is 1. The van der Waals surface area contributed by atoms with Gasteiger partial charge in [0.1, 0.15) is 6.07 Å². The molecule has 1 aromatic rings. The molecule has 3 nitrogen and oxygen atoms in total. The van der Waals surface area contributed by atoms with Crippen molar-refractivity contribution in [1.29, 1.82) is 5.26 Å². The number of aromatic nitrogens is 1. The van der Waals surface area contributed by atoms with Crippen molar-refractivity contribution in [3.05, 3.63) is 11.1 Å². The Morgan fingerprint density at radius 1 is 1.77 bits per heavy atom. The second-order valence-corrected chi connectivity index (χ2v) is 4.58. The highest BCUT2D eigenvalue weighted by Gasteiger charge is 2.21. The first kappa shape index (κ1) is 8.85. The van der Waals surface area contributed by atoms with Crippen LogP contribution in [0.3, 0.4) is 0 Å². The molecule has 1 saturated heterocycles. The van der Waals surface area contributed by atoms with Gasteiger partial charge in [-0.3, -0.25) is 0 Å². The summed E-state index contributed by atoms with van der Waals surface area (Å²) in [6.45, 7) is 1.95. The minimum Gasteiger partial charge on any atom is -0.347 e. The van der Waals surface area contributed by atoms with Crippen LogP contribution in [0.2, 0.25) is 0 Å². The first-order valence-corrected chi connectivity index (χ1v) is 5.48. The molecule has 0 radical (unpaired) electrons. The molecule has 1 fully saturated rings. The highest BCUT2D eigenvalue weighted by Crippen LogP contribution is 2.25. The molecule has 1 aliphatic rings. The van der Waals surface area contributed by atoms with E-state index in [2.05, 4.69) is 22.5 Å². The molecule has 0 unspecified atom stereocenters. The van der Waals surface area contributed by atoms with Crippen LogP contribution >= 0.6 is 24.0 Å². The van der Waals surface area contributed by atoms with Crippen LogP contribution in [-0.2, 0) is 0 Å². The molecule has 0 bridgehead atoms. The summed E-state index contributed by atoms with van der Waals surface area (Å²) >= 11 is 5.93. The van der Waals surface area contributed by atoms with Crippen LogP contribution in [0, 0.1) is 11.3 Å². The number of hydrogen-bond donors (Lipinski definition) is 1. The van der Waals surface area contributed by atoms with E-state index >= 15 is 0 Å². The van der Waals surface area contributed by atoms with E-state index in [0.29, 0.717) is 10.9 Å². The lowest BCUT2D eigenvalue weighted by Gasteiger charge is -2.12. The molecule has 2 heterocycles. The predicted molar refractivity (Wildman–Crippen MR) is 56.4 cm³/mol. The second kappa shape index (κ2) is 3.56. The van der Waals surface area contributed by atoms with Gasteiger partial charge in [0.15, 0.2) is 10.8 Å². The van der Waals surface area contributed by atoms with E-state index in [9.17, 15) is 0 Å². The van der Waals surface area contributed by atoms with Crippen LogP contribution in [0.25, 0.3) is 0 Å². The summed E-state index contributed by atoms with van der Waals surface area (Å²) in [6.07, 6.45) is 1.10. The number of thiazole rings is 1. The molecule has 0 aromatic carbocycles. The van der Waals surface area contributed by atoms with Gasteiger partial charge in [-0.2, -0.15) is 17.9 Å². The molecular weight excluding hydrogens is 202 g/mol.